The topological polar surface area (TPSA) is 9.23 Å². The highest BCUT2D eigenvalue weighted by molar-refractivity contribution is 9.10. The third-order valence-electron chi connectivity index (χ3n) is 4.74. The Labute approximate surface area is 99.0 Å². The fourth-order valence-corrected chi connectivity index (χ4v) is 6.27. The zero-order valence-electron chi connectivity index (χ0n) is 9.21. The van der Waals surface area contributed by atoms with Gasteiger partial charge in [0.15, 0.2) is 12.9 Å². The fourth-order valence-electron chi connectivity index (χ4n) is 4.15. The second kappa shape index (κ2) is 2.25. The standard InChI is InChI=1S/C11H16BrFOSi/c1-15(2,3)14-10-7-4-5(7)6(4)8-9(10)11(8,12)13/h4-10H,1-3H3. The van der Waals surface area contributed by atoms with Crippen molar-refractivity contribution in [3.63, 3.8) is 0 Å². The van der Waals surface area contributed by atoms with E-state index in [0.29, 0.717) is 5.92 Å². The SMILES string of the molecule is C[Si](C)(C)OC1C2C3C2C3C2C1C2(F)Br. The van der Waals surface area contributed by atoms with Crippen LogP contribution >= 0.6 is 15.9 Å². The van der Waals surface area contributed by atoms with E-state index in [1.54, 1.807) is 0 Å². The number of fused-ring (bicyclic) bond motifs is 4. The van der Waals surface area contributed by atoms with Gasteiger partial charge < -0.3 is 4.43 Å². The molecule has 0 aliphatic heterocycles. The van der Waals surface area contributed by atoms with Crippen LogP contribution in [0.4, 0.5) is 4.39 Å². The van der Waals surface area contributed by atoms with Crippen LogP contribution < -0.4 is 0 Å². The molecule has 84 valence electrons. The van der Waals surface area contributed by atoms with E-state index >= 15 is 0 Å². The van der Waals surface area contributed by atoms with Crippen molar-refractivity contribution in [1.82, 2.24) is 0 Å². The van der Waals surface area contributed by atoms with Gasteiger partial charge in [0, 0.05) is 11.8 Å². The molecule has 0 aromatic rings. The van der Waals surface area contributed by atoms with E-state index in [1.807, 2.05) is 0 Å². The average molecular weight is 291 g/mol. The molecule has 0 bridgehead atoms. The van der Waals surface area contributed by atoms with Crippen LogP contribution in [0.15, 0.2) is 0 Å². The molecule has 0 heterocycles. The van der Waals surface area contributed by atoms with Crippen molar-refractivity contribution >= 4 is 24.2 Å². The second-order valence-corrected chi connectivity index (χ2v) is 12.4. The summed E-state index contributed by atoms with van der Waals surface area (Å²) in [5.41, 5.74) is 0. The van der Waals surface area contributed by atoms with Gasteiger partial charge in [-0.1, -0.05) is 0 Å². The van der Waals surface area contributed by atoms with Crippen molar-refractivity contribution in [2.24, 2.45) is 35.5 Å². The van der Waals surface area contributed by atoms with Crippen LogP contribution in [0.3, 0.4) is 0 Å². The highest BCUT2D eigenvalue weighted by Crippen LogP contribution is 2.90. The summed E-state index contributed by atoms with van der Waals surface area (Å²) in [5, 5.41) is 0. The third-order valence-corrected chi connectivity index (χ3v) is 6.78. The average Bonchev–Trinajstić information content (AvgIpc) is 2.86. The maximum absolute atomic E-state index is 14.1. The molecule has 0 spiro atoms. The Morgan fingerprint density at radius 2 is 1.67 bits per heavy atom. The first-order valence-electron chi connectivity index (χ1n) is 5.90. The summed E-state index contributed by atoms with van der Waals surface area (Å²) in [6, 6.07) is 0. The van der Waals surface area contributed by atoms with Gasteiger partial charge in [-0.25, -0.2) is 4.39 Å². The van der Waals surface area contributed by atoms with Crippen LogP contribution in [0.25, 0.3) is 0 Å². The molecule has 6 atom stereocenters. The molecule has 1 nitrogen and oxygen atoms in total. The van der Waals surface area contributed by atoms with E-state index in [1.165, 1.54) is 0 Å². The van der Waals surface area contributed by atoms with Gasteiger partial charge in [-0.3, -0.25) is 0 Å². The second-order valence-electron chi connectivity index (χ2n) is 6.73. The molecular formula is C11H16BrFOSi. The minimum atomic E-state index is -1.51. The Morgan fingerprint density at radius 1 is 1.07 bits per heavy atom. The number of rotatable bonds is 2. The molecule has 4 aliphatic rings. The maximum Gasteiger partial charge on any atom is 0.184 e. The van der Waals surface area contributed by atoms with Crippen molar-refractivity contribution in [2.75, 3.05) is 0 Å². The number of alkyl halides is 2. The van der Waals surface area contributed by atoms with E-state index < -0.39 is 12.9 Å². The minimum Gasteiger partial charge on any atom is -0.414 e. The lowest BCUT2D eigenvalue weighted by atomic mass is 9.86. The molecule has 4 heteroatoms. The van der Waals surface area contributed by atoms with Crippen LogP contribution in [0.5, 0.6) is 0 Å². The van der Waals surface area contributed by atoms with Crippen molar-refractivity contribution in [2.45, 2.75) is 30.3 Å². The van der Waals surface area contributed by atoms with Crippen LogP contribution in [-0.4, -0.2) is 19.0 Å². The fraction of sp³-hybridized carbons (Fsp3) is 1.00. The molecule has 6 unspecified atom stereocenters. The Morgan fingerprint density at radius 3 is 2.20 bits per heavy atom. The molecule has 4 rings (SSSR count). The summed E-state index contributed by atoms with van der Waals surface area (Å²) in [6.45, 7) is 6.62. The summed E-state index contributed by atoms with van der Waals surface area (Å²) < 4.78 is 19.3. The quantitative estimate of drug-likeness (QED) is 0.561. The van der Waals surface area contributed by atoms with E-state index in [-0.39, 0.29) is 12.0 Å². The van der Waals surface area contributed by atoms with Crippen molar-refractivity contribution in [1.29, 1.82) is 0 Å². The summed E-state index contributed by atoms with van der Waals surface area (Å²) in [6.07, 6.45) is 0.242. The van der Waals surface area contributed by atoms with E-state index in [2.05, 4.69) is 35.6 Å². The summed E-state index contributed by atoms with van der Waals surface area (Å²) in [4.78, 5) is 0. The lowest BCUT2D eigenvalue weighted by Gasteiger charge is -2.33. The van der Waals surface area contributed by atoms with Gasteiger partial charge in [0.05, 0.1) is 6.10 Å². The molecule has 0 N–H and O–H groups in total. The van der Waals surface area contributed by atoms with Crippen molar-refractivity contribution in [3.05, 3.63) is 0 Å². The van der Waals surface area contributed by atoms with Gasteiger partial charge in [0.2, 0.25) is 0 Å². The molecule has 0 amide bonds. The lowest BCUT2D eigenvalue weighted by molar-refractivity contribution is 0.0730. The van der Waals surface area contributed by atoms with Crippen molar-refractivity contribution in [3.8, 4) is 0 Å². The molecule has 4 aliphatic carbocycles. The van der Waals surface area contributed by atoms with Crippen LogP contribution in [0.2, 0.25) is 19.6 Å². The molecule has 0 aromatic carbocycles. The minimum absolute atomic E-state index is 0.175. The predicted octanol–water partition coefficient (Wildman–Crippen LogP) is 3.02. The molecule has 0 radical (unpaired) electrons. The van der Waals surface area contributed by atoms with Crippen molar-refractivity contribution < 1.29 is 8.82 Å². The first-order chi connectivity index (χ1) is 6.84. The van der Waals surface area contributed by atoms with Gasteiger partial charge in [-0.15, -0.1) is 0 Å². The highest BCUT2D eigenvalue weighted by Gasteiger charge is 2.92. The largest absolute Gasteiger partial charge is 0.414 e. The summed E-state index contributed by atoms with van der Waals surface area (Å²) >= 11 is 3.28. The molecule has 15 heavy (non-hydrogen) atoms. The van der Waals surface area contributed by atoms with Gasteiger partial charge in [0.1, 0.15) is 0 Å². The predicted molar refractivity (Wildman–Crippen MR) is 61.9 cm³/mol. The normalized spacial score (nSPS) is 68.2. The zero-order valence-corrected chi connectivity index (χ0v) is 11.8. The number of hydrogen-bond donors (Lipinski definition) is 0. The first-order valence-corrected chi connectivity index (χ1v) is 10.1. The number of halogens is 2. The lowest BCUT2D eigenvalue weighted by Crippen LogP contribution is -2.40. The molecule has 4 fully saturated rings. The Bertz CT molecular complexity index is 343. The van der Waals surface area contributed by atoms with E-state index in [9.17, 15) is 4.39 Å². The molecular weight excluding hydrogens is 275 g/mol. The summed E-state index contributed by atoms with van der Waals surface area (Å²) in [5.74, 6) is 3.63. The van der Waals surface area contributed by atoms with Crippen LogP contribution in [-0.2, 0) is 4.43 Å². The Kier molecular flexibility index (Phi) is 1.44. The summed E-state index contributed by atoms with van der Waals surface area (Å²) in [7, 11) is -1.51. The van der Waals surface area contributed by atoms with E-state index in [0.717, 1.165) is 23.7 Å². The van der Waals surface area contributed by atoms with Gasteiger partial charge in [0.25, 0.3) is 0 Å². The monoisotopic (exact) mass is 290 g/mol. The Balaban J connectivity index is 1.60. The Hall–Kier alpha value is 0.587. The van der Waals surface area contributed by atoms with Crippen LogP contribution in [0.1, 0.15) is 0 Å². The first kappa shape index (κ1) is 9.60. The van der Waals surface area contributed by atoms with Gasteiger partial charge in [-0.2, -0.15) is 0 Å². The molecule has 0 saturated heterocycles. The highest BCUT2D eigenvalue weighted by atomic mass is 79.9. The third kappa shape index (κ3) is 1.02. The molecule has 0 aromatic heterocycles. The van der Waals surface area contributed by atoms with Crippen LogP contribution in [0, 0.1) is 35.5 Å². The number of hydrogen-bond acceptors (Lipinski definition) is 1. The van der Waals surface area contributed by atoms with Gasteiger partial charge in [-0.05, 0) is 59.2 Å². The molecule has 4 saturated carbocycles. The van der Waals surface area contributed by atoms with Gasteiger partial charge >= 0.3 is 0 Å². The maximum atomic E-state index is 14.1. The smallest absolute Gasteiger partial charge is 0.184 e. The van der Waals surface area contributed by atoms with E-state index in [4.69, 9.17) is 4.43 Å². The zero-order chi connectivity index (χ0) is 10.7.